The van der Waals surface area contributed by atoms with E-state index in [1.165, 1.54) is 19.3 Å². The number of rotatable bonds is 10. The fraction of sp³-hybridized carbons (Fsp3) is 0.941. The summed E-state index contributed by atoms with van der Waals surface area (Å²) in [4.78, 5) is 11.4. The molecular weight excluding hydrogens is 252 g/mol. The number of hydrogen-bond donors (Lipinski definition) is 2. The number of aliphatic hydroxyl groups is 1. The van der Waals surface area contributed by atoms with Crippen LogP contribution >= 0.6 is 0 Å². The van der Waals surface area contributed by atoms with Crippen LogP contribution in [0.5, 0.6) is 0 Å². The van der Waals surface area contributed by atoms with Gasteiger partial charge in [0.1, 0.15) is 0 Å². The Balaban J connectivity index is 2.14. The van der Waals surface area contributed by atoms with Gasteiger partial charge in [-0.1, -0.05) is 51.9 Å². The van der Waals surface area contributed by atoms with Gasteiger partial charge in [-0.15, -0.1) is 0 Å². The molecule has 0 aliphatic heterocycles. The molecule has 1 fully saturated rings. The first-order valence-electron chi connectivity index (χ1n) is 8.56. The van der Waals surface area contributed by atoms with Gasteiger partial charge in [0.2, 0.25) is 0 Å². The van der Waals surface area contributed by atoms with Gasteiger partial charge in [0.05, 0.1) is 12.0 Å². The molecular formula is C17H32O3. The fourth-order valence-corrected chi connectivity index (χ4v) is 3.40. The van der Waals surface area contributed by atoms with Gasteiger partial charge in [-0.25, -0.2) is 0 Å². The van der Waals surface area contributed by atoms with Crippen LogP contribution in [-0.2, 0) is 4.79 Å². The largest absolute Gasteiger partial charge is 0.481 e. The summed E-state index contributed by atoms with van der Waals surface area (Å²) < 4.78 is 0. The van der Waals surface area contributed by atoms with Crippen LogP contribution in [0.2, 0.25) is 0 Å². The van der Waals surface area contributed by atoms with E-state index in [0.717, 1.165) is 57.8 Å². The lowest BCUT2D eigenvalue weighted by molar-refractivity contribution is -0.144. The molecule has 2 unspecified atom stereocenters. The molecule has 0 bridgehead atoms. The Morgan fingerprint density at radius 2 is 1.65 bits per heavy atom. The maximum absolute atomic E-state index is 11.4. The van der Waals surface area contributed by atoms with Crippen molar-refractivity contribution in [2.24, 2.45) is 11.8 Å². The minimum absolute atomic E-state index is 0.114. The average molecular weight is 284 g/mol. The third-order valence-corrected chi connectivity index (χ3v) is 4.81. The molecule has 3 nitrogen and oxygen atoms in total. The summed E-state index contributed by atoms with van der Waals surface area (Å²) in [7, 11) is 0. The first-order chi connectivity index (χ1) is 9.65. The zero-order valence-corrected chi connectivity index (χ0v) is 13.0. The summed E-state index contributed by atoms with van der Waals surface area (Å²) in [6.07, 6.45) is 12.7. The van der Waals surface area contributed by atoms with E-state index in [2.05, 4.69) is 0 Å². The summed E-state index contributed by atoms with van der Waals surface area (Å²) in [5, 5.41) is 18.9. The zero-order valence-electron chi connectivity index (χ0n) is 13.0. The molecule has 1 saturated carbocycles. The molecule has 1 aliphatic rings. The number of carboxylic acids is 1. The Labute approximate surface area is 123 Å². The molecule has 3 heteroatoms. The van der Waals surface area contributed by atoms with E-state index in [4.69, 9.17) is 0 Å². The Hall–Kier alpha value is -0.570. The Kier molecular flexibility index (Phi) is 8.92. The molecule has 1 aliphatic carbocycles. The second-order valence-electron chi connectivity index (χ2n) is 6.40. The van der Waals surface area contributed by atoms with Crippen LogP contribution in [0.1, 0.15) is 84.0 Å². The van der Waals surface area contributed by atoms with Crippen LogP contribution in [-0.4, -0.2) is 22.3 Å². The van der Waals surface area contributed by atoms with Gasteiger partial charge < -0.3 is 10.2 Å². The van der Waals surface area contributed by atoms with Crippen LogP contribution < -0.4 is 0 Å². The van der Waals surface area contributed by atoms with Gasteiger partial charge in [-0.05, 0) is 38.0 Å². The van der Waals surface area contributed by atoms with Gasteiger partial charge in [0.15, 0.2) is 0 Å². The first-order valence-corrected chi connectivity index (χ1v) is 8.56. The van der Waals surface area contributed by atoms with E-state index < -0.39 is 5.97 Å². The Morgan fingerprint density at radius 3 is 2.20 bits per heavy atom. The van der Waals surface area contributed by atoms with Crippen molar-refractivity contribution in [3.63, 3.8) is 0 Å². The van der Waals surface area contributed by atoms with Crippen LogP contribution in [0.25, 0.3) is 0 Å². The molecule has 0 aromatic rings. The first kappa shape index (κ1) is 17.5. The van der Waals surface area contributed by atoms with Gasteiger partial charge in [0.25, 0.3) is 0 Å². The Morgan fingerprint density at radius 1 is 1.05 bits per heavy atom. The second kappa shape index (κ2) is 10.2. The van der Waals surface area contributed by atoms with E-state index in [1.807, 2.05) is 6.92 Å². The van der Waals surface area contributed by atoms with Crippen molar-refractivity contribution in [2.75, 3.05) is 0 Å². The van der Waals surface area contributed by atoms with E-state index >= 15 is 0 Å². The minimum atomic E-state index is -0.585. The lowest BCUT2D eigenvalue weighted by Gasteiger charge is -2.27. The number of carbonyl (C=O) groups is 1. The number of aliphatic carboxylic acids is 1. The summed E-state index contributed by atoms with van der Waals surface area (Å²) in [5.41, 5.74) is 0. The van der Waals surface area contributed by atoms with Gasteiger partial charge in [0, 0.05) is 0 Å². The molecule has 0 amide bonds. The normalized spacial score (nSPS) is 19.7. The molecule has 2 N–H and O–H groups in total. The highest BCUT2D eigenvalue weighted by Crippen LogP contribution is 2.33. The van der Waals surface area contributed by atoms with Crippen LogP contribution in [0.3, 0.4) is 0 Å². The predicted octanol–water partition coefficient (Wildman–Crippen LogP) is 4.38. The molecule has 0 aromatic carbocycles. The summed E-state index contributed by atoms with van der Waals surface area (Å²) in [5.74, 6) is -0.280. The monoisotopic (exact) mass is 284 g/mol. The zero-order chi connectivity index (χ0) is 14.8. The van der Waals surface area contributed by atoms with E-state index in [0.29, 0.717) is 5.92 Å². The van der Waals surface area contributed by atoms with Crippen molar-refractivity contribution in [2.45, 2.75) is 90.1 Å². The number of unbranched alkanes of at least 4 members (excludes halogenated alkanes) is 3. The number of carboxylic acid groups (broad SMARTS) is 1. The quantitative estimate of drug-likeness (QED) is 0.585. The van der Waals surface area contributed by atoms with Crippen molar-refractivity contribution in [1.82, 2.24) is 0 Å². The van der Waals surface area contributed by atoms with Crippen molar-refractivity contribution >= 4 is 5.97 Å². The van der Waals surface area contributed by atoms with Gasteiger partial charge >= 0.3 is 5.97 Å². The molecule has 0 aromatic heterocycles. The molecule has 20 heavy (non-hydrogen) atoms. The molecule has 1 rings (SSSR count). The summed E-state index contributed by atoms with van der Waals surface area (Å²) in [6.45, 7) is 2.01. The molecule has 118 valence electrons. The average Bonchev–Trinajstić information content (AvgIpc) is 2.46. The second-order valence-corrected chi connectivity index (χ2v) is 6.40. The highest BCUT2D eigenvalue weighted by molar-refractivity contribution is 5.70. The maximum Gasteiger partial charge on any atom is 0.306 e. The lowest BCUT2D eigenvalue weighted by Crippen LogP contribution is -2.25. The van der Waals surface area contributed by atoms with Gasteiger partial charge in [-0.3, -0.25) is 4.79 Å². The fourth-order valence-electron chi connectivity index (χ4n) is 3.40. The third kappa shape index (κ3) is 6.74. The molecule has 0 radical (unpaired) electrons. The van der Waals surface area contributed by atoms with Crippen molar-refractivity contribution in [1.29, 1.82) is 0 Å². The Bertz CT molecular complexity index is 259. The lowest BCUT2D eigenvalue weighted by atomic mass is 9.78. The van der Waals surface area contributed by atoms with Crippen molar-refractivity contribution in [3.05, 3.63) is 0 Å². The third-order valence-electron chi connectivity index (χ3n) is 4.81. The topological polar surface area (TPSA) is 57.5 Å². The van der Waals surface area contributed by atoms with E-state index in [-0.39, 0.29) is 12.0 Å². The van der Waals surface area contributed by atoms with Crippen LogP contribution in [0.15, 0.2) is 0 Å². The molecule has 0 spiro atoms. The number of hydrogen-bond acceptors (Lipinski definition) is 2. The standard InChI is InChI=1S/C17H32O3/c1-2-15(18)12-8-3-4-9-13-16(17(19)20)14-10-6-5-7-11-14/h14-16,18H,2-13H2,1H3,(H,19,20). The predicted molar refractivity (Wildman–Crippen MR) is 81.7 cm³/mol. The maximum atomic E-state index is 11.4. The van der Waals surface area contributed by atoms with E-state index in [1.54, 1.807) is 0 Å². The van der Waals surface area contributed by atoms with Gasteiger partial charge in [-0.2, -0.15) is 0 Å². The van der Waals surface area contributed by atoms with Crippen LogP contribution in [0, 0.1) is 11.8 Å². The van der Waals surface area contributed by atoms with Crippen molar-refractivity contribution in [3.8, 4) is 0 Å². The minimum Gasteiger partial charge on any atom is -0.481 e. The summed E-state index contributed by atoms with van der Waals surface area (Å²) >= 11 is 0. The van der Waals surface area contributed by atoms with Crippen LogP contribution in [0.4, 0.5) is 0 Å². The SMILES string of the molecule is CCC(O)CCCCCCC(C(=O)O)C1CCCCC1. The highest BCUT2D eigenvalue weighted by atomic mass is 16.4. The molecule has 2 atom stereocenters. The smallest absolute Gasteiger partial charge is 0.306 e. The summed E-state index contributed by atoms with van der Waals surface area (Å²) in [6, 6.07) is 0. The number of aliphatic hydroxyl groups excluding tert-OH is 1. The van der Waals surface area contributed by atoms with E-state index in [9.17, 15) is 15.0 Å². The highest BCUT2D eigenvalue weighted by Gasteiger charge is 2.28. The molecule has 0 heterocycles. The molecule has 0 saturated heterocycles. The van der Waals surface area contributed by atoms with Crippen molar-refractivity contribution < 1.29 is 15.0 Å².